The van der Waals surface area contributed by atoms with Crippen LogP contribution in [-0.2, 0) is 4.74 Å². The van der Waals surface area contributed by atoms with Gasteiger partial charge in [-0.25, -0.2) is 4.79 Å². The van der Waals surface area contributed by atoms with E-state index in [1.807, 2.05) is 14.0 Å². The third-order valence-electron chi connectivity index (χ3n) is 3.05. The summed E-state index contributed by atoms with van der Waals surface area (Å²) in [5, 5.41) is 3.15. The van der Waals surface area contributed by atoms with Gasteiger partial charge in [-0.3, -0.25) is 4.90 Å². The summed E-state index contributed by atoms with van der Waals surface area (Å²) in [7, 11) is 1.98. The molecule has 0 aromatic heterocycles. The fraction of sp³-hybridized carbons (Fsp3) is 0.917. The molecule has 1 aliphatic heterocycles. The molecule has 0 radical (unpaired) electrons. The van der Waals surface area contributed by atoms with E-state index in [2.05, 4.69) is 10.2 Å². The molecule has 5 nitrogen and oxygen atoms in total. The Hall–Kier alpha value is -0.810. The molecule has 1 amide bonds. The van der Waals surface area contributed by atoms with Gasteiger partial charge in [0.1, 0.15) is 0 Å². The van der Waals surface area contributed by atoms with Crippen molar-refractivity contribution < 1.29 is 9.53 Å². The van der Waals surface area contributed by atoms with Crippen molar-refractivity contribution in [1.29, 1.82) is 0 Å². The summed E-state index contributed by atoms with van der Waals surface area (Å²) >= 11 is 0. The topological polar surface area (TPSA) is 44.8 Å². The highest BCUT2D eigenvalue weighted by Gasteiger charge is 2.21. The standard InChI is InChI=1S/C12H25N3O2/c1-3-17-12(16)15-10-8-14(9-11-15)7-5-4-6-13-2/h13H,3-11H2,1-2H3. The maximum Gasteiger partial charge on any atom is 0.409 e. The highest BCUT2D eigenvalue weighted by atomic mass is 16.6. The first-order chi connectivity index (χ1) is 8.27. The molecule has 1 fully saturated rings. The lowest BCUT2D eigenvalue weighted by Crippen LogP contribution is -2.49. The quantitative estimate of drug-likeness (QED) is 0.700. The summed E-state index contributed by atoms with van der Waals surface area (Å²) in [5.74, 6) is 0. The van der Waals surface area contributed by atoms with Gasteiger partial charge in [-0.05, 0) is 39.9 Å². The number of carbonyl (C=O) groups excluding carboxylic acids is 1. The van der Waals surface area contributed by atoms with Crippen molar-refractivity contribution in [2.24, 2.45) is 0 Å². The first-order valence-electron chi connectivity index (χ1n) is 6.56. The van der Waals surface area contributed by atoms with Crippen LogP contribution < -0.4 is 5.32 Å². The van der Waals surface area contributed by atoms with Crippen LogP contribution in [0.4, 0.5) is 4.79 Å². The number of nitrogens with one attached hydrogen (secondary N) is 1. The van der Waals surface area contributed by atoms with Gasteiger partial charge in [-0.15, -0.1) is 0 Å². The van der Waals surface area contributed by atoms with Gasteiger partial charge in [-0.2, -0.15) is 0 Å². The number of unbranched alkanes of at least 4 members (excludes halogenated alkanes) is 1. The molecule has 5 heteroatoms. The highest BCUT2D eigenvalue weighted by Crippen LogP contribution is 2.05. The molecule has 0 spiro atoms. The number of ether oxygens (including phenoxy) is 1. The number of amides is 1. The summed E-state index contributed by atoms with van der Waals surface area (Å²) in [6.45, 7) is 8.06. The Labute approximate surface area is 104 Å². The van der Waals surface area contributed by atoms with E-state index in [1.165, 1.54) is 12.8 Å². The summed E-state index contributed by atoms with van der Waals surface area (Å²) in [6, 6.07) is 0. The lowest BCUT2D eigenvalue weighted by molar-refractivity contribution is 0.0792. The number of rotatable bonds is 6. The van der Waals surface area contributed by atoms with Crippen LogP contribution in [0.2, 0.25) is 0 Å². The molecule has 1 saturated heterocycles. The summed E-state index contributed by atoms with van der Waals surface area (Å²) < 4.78 is 4.99. The molecule has 0 aromatic rings. The predicted octanol–water partition coefficient (Wildman–Crippen LogP) is 0.760. The minimum Gasteiger partial charge on any atom is -0.450 e. The first kappa shape index (κ1) is 14.3. The summed E-state index contributed by atoms with van der Waals surface area (Å²) in [4.78, 5) is 15.7. The third kappa shape index (κ3) is 5.37. The number of carbonyl (C=O) groups is 1. The highest BCUT2D eigenvalue weighted by molar-refractivity contribution is 5.67. The summed E-state index contributed by atoms with van der Waals surface area (Å²) in [6.07, 6.45) is 2.27. The van der Waals surface area contributed by atoms with Crippen LogP contribution in [0.5, 0.6) is 0 Å². The molecule has 0 atom stereocenters. The second-order valence-corrected chi connectivity index (χ2v) is 4.34. The Kier molecular flexibility index (Phi) is 6.96. The predicted molar refractivity (Wildman–Crippen MR) is 68.2 cm³/mol. The third-order valence-corrected chi connectivity index (χ3v) is 3.05. The second kappa shape index (κ2) is 8.31. The second-order valence-electron chi connectivity index (χ2n) is 4.34. The molecule has 0 aromatic carbocycles. The Morgan fingerprint density at radius 2 is 1.94 bits per heavy atom. The zero-order chi connectivity index (χ0) is 12.5. The Balaban J connectivity index is 2.11. The largest absolute Gasteiger partial charge is 0.450 e. The molecule has 0 unspecified atom stereocenters. The lowest BCUT2D eigenvalue weighted by Gasteiger charge is -2.33. The van der Waals surface area contributed by atoms with Crippen LogP contribution in [0.1, 0.15) is 19.8 Å². The van der Waals surface area contributed by atoms with Gasteiger partial charge >= 0.3 is 6.09 Å². The van der Waals surface area contributed by atoms with Crippen molar-refractivity contribution in [2.75, 3.05) is 52.9 Å². The van der Waals surface area contributed by atoms with Crippen LogP contribution in [0, 0.1) is 0 Å². The minimum atomic E-state index is -0.165. The molecular weight excluding hydrogens is 218 g/mol. The van der Waals surface area contributed by atoms with Crippen LogP contribution in [0.15, 0.2) is 0 Å². The van der Waals surface area contributed by atoms with Crippen LogP contribution in [0.25, 0.3) is 0 Å². The van der Waals surface area contributed by atoms with E-state index in [1.54, 1.807) is 4.90 Å². The zero-order valence-corrected chi connectivity index (χ0v) is 11.1. The van der Waals surface area contributed by atoms with E-state index in [0.29, 0.717) is 6.61 Å². The maximum atomic E-state index is 11.5. The van der Waals surface area contributed by atoms with Gasteiger partial charge in [0.25, 0.3) is 0 Å². The van der Waals surface area contributed by atoms with Crippen LogP contribution >= 0.6 is 0 Å². The Morgan fingerprint density at radius 1 is 1.24 bits per heavy atom. The smallest absolute Gasteiger partial charge is 0.409 e. The molecule has 0 saturated carbocycles. The number of hydrogen-bond donors (Lipinski definition) is 1. The zero-order valence-electron chi connectivity index (χ0n) is 11.1. The van der Waals surface area contributed by atoms with Gasteiger partial charge in [0.15, 0.2) is 0 Å². The average molecular weight is 243 g/mol. The van der Waals surface area contributed by atoms with E-state index < -0.39 is 0 Å². The fourth-order valence-electron chi connectivity index (χ4n) is 2.01. The Bertz CT molecular complexity index is 216. The van der Waals surface area contributed by atoms with E-state index in [4.69, 9.17) is 4.74 Å². The average Bonchev–Trinajstić information content (AvgIpc) is 2.36. The maximum absolute atomic E-state index is 11.5. The van der Waals surface area contributed by atoms with Crippen molar-refractivity contribution >= 4 is 6.09 Å². The first-order valence-corrected chi connectivity index (χ1v) is 6.56. The molecule has 1 N–H and O–H groups in total. The molecule has 1 heterocycles. The van der Waals surface area contributed by atoms with Gasteiger partial charge in [0, 0.05) is 26.2 Å². The summed E-state index contributed by atoms with van der Waals surface area (Å²) in [5.41, 5.74) is 0. The molecule has 1 rings (SSSR count). The van der Waals surface area contributed by atoms with Crippen molar-refractivity contribution in [3.05, 3.63) is 0 Å². The van der Waals surface area contributed by atoms with E-state index in [-0.39, 0.29) is 6.09 Å². The van der Waals surface area contributed by atoms with E-state index >= 15 is 0 Å². The van der Waals surface area contributed by atoms with Crippen molar-refractivity contribution in [3.8, 4) is 0 Å². The van der Waals surface area contributed by atoms with Gasteiger partial charge < -0.3 is 15.0 Å². The van der Waals surface area contributed by atoms with Crippen molar-refractivity contribution in [2.45, 2.75) is 19.8 Å². The molecule has 1 aliphatic rings. The monoisotopic (exact) mass is 243 g/mol. The number of piperazine rings is 1. The van der Waals surface area contributed by atoms with E-state index in [9.17, 15) is 4.79 Å². The van der Waals surface area contributed by atoms with Crippen LogP contribution in [0.3, 0.4) is 0 Å². The molecule has 100 valence electrons. The van der Waals surface area contributed by atoms with E-state index in [0.717, 1.165) is 39.3 Å². The lowest BCUT2D eigenvalue weighted by atomic mass is 10.2. The normalized spacial score (nSPS) is 17.2. The Morgan fingerprint density at radius 3 is 2.53 bits per heavy atom. The van der Waals surface area contributed by atoms with Gasteiger partial charge in [-0.1, -0.05) is 0 Å². The van der Waals surface area contributed by atoms with Gasteiger partial charge in [0.2, 0.25) is 0 Å². The van der Waals surface area contributed by atoms with Crippen LogP contribution in [-0.4, -0.2) is 68.8 Å². The van der Waals surface area contributed by atoms with Gasteiger partial charge in [0.05, 0.1) is 6.61 Å². The molecule has 0 bridgehead atoms. The minimum absolute atomic E-state index is 0.165. The number of hydrogen-bond acceptors (Lipinski definition) is 4. The SMILES string of the molecule is CCOC(=O)N1CCN(CCCCNC)CC1. The molecular formula is C12H25N3O2. The fourth-order valence-corrected chi connectivity index (χ4v) is 2.01. The van der Waals surface area contributed by atoms with Crippen molar-refractivity contribution in [3.63, 3.8) is 0 Å². The molecule has 17 heavy (non-hydrogen) atoms. The number of nitrogens with zero attached hydrogens (tertiary/aromatic N) is 2. The molecule has 0 aliphatic carbocycles. The van der Waals surface area contributed by atoms with Crippen molar-refractivity contribution in [1.82, 2.24) is 15.1 Å².